The summed E-state index contributed by atoms with van der Waals surface area (Å²) in [4.78, 5) is 11.5. The summed E-state index contributed by atoms with van der Waals surface area (Å²) < 4.78 is 27.5. The number of carbonyl (C=O) groups excluding carboxylic acids is 1. The van der Waals surface area contributed by atoms with Crippen molar-refractivity contribution in [3.8, 4) is 5.75 Å². The van der Waals surface area contributed by atoms with Gasteiger partial charge in [0.15, 0.2) is 9.84 Å². The van der Waals surface area contributed by atoms with Crippen LogP contribution in [0.3, 0.4) is 0 Å². The van der Waals surface area contributed by atoms with Crippen LogP contribution in [0.15, 0.2) is 24.3 Å². The molecular weight excluding hydrogens is 290 g/mol. The standard InChI is InChI=1S/C12H14ClNO4S/c13-10-1-3-11(4-2-10)18-12(15)14-7-9-5-6-19(16,17)8-9/h1-4,9H,5-8H2,(H,14,15). The Hall–Kier alpha value is -1.27. The number of amides is 1. The molecule has 0 radical (unpaired) electrons. The summed E-state index contributed by atoms with van der Waals surface area (Å²) in [6, 6.07) is 6.41. The minimum Gasteiger partial charge on any atom is -0.410 e. The largest absolute Gasteiger partial charge is 0.412 e. The zero-order chi connectivity index (χ0) is 13.9. The van der Waals surface area contributed by atoms with E-state index >= 15 is 0 Å². The fourth-order valence-corrected chi connectivity index (χ4v) is 3.89. The normalized spacial score (nSPS) is 21.0. The average molecular weight is 304 g/mol. The zero-order valence-corrected chi connectivity index (χ0v) is 11.7. The first-order chi connectivity index (χ1) is 8.94. The number of rotatable bonds is 3. The first-order valence-corrected chi connectivity index (χ1v) is 8.06. The fourth-order valence-electron chi connectivity index (χ4n) is 1.91. The van der Waals surface area contributed by atoms with Crippen molar-refractivity contribution < 1.29 is 17.9 Å². The van der Waals surface area contributed by atoms with Crippen LogP contribution in [0.2, 0.25) is 5.02 Å². The van der Waals surface area contributed by atoms with E-state index in [-0.39, 0.29) is 17.4 Å². The smallest absolute Gasteiger partial charge is 0.410 e. The summed E-state index contributed by atoms with van der Waals surface area (Å²) in [5.74, 6) is 0.698. The molecule has 2 rings (SSSR count). The van der Waals surface area contributed by atoms with Gasteiger partial charge in [0.1, 0.15) is 5.75 Å². The number of halogens is 1. The Kier molecular flexibility index (Phi) is 4.31. The number of sulfone groups is 1. The van der Waals surface area contributed by atoms with E-state index in [0.717, 1.165) is 0 Å². The highest BCUT2D eigenvalue weighted by molar-refractivity contribution is 7.91. The van der Waals surface area contributed by atoms with Gasteiger partial charge in [0.2, 0.25) is 0 Å². The van der Waals surface area contributed by atoms with Crippen molar-refractivity contribution in [1.82, 2.24) is 5.32 Å². The molecule has 1 aliphatic rings. The predicted octanol–water partition coefficient (Wildman–Crippen LogP) is 1.86. The van der Waals surface area contributed by atoms with Gasteiger partial charge in [0.05, 0.1) is 11.5 Å². The molecule has 1 aromatic rings. The number of hydrogen-bond acceptors (Lipinski definition) is 4. The van der Waals surface area contributed by atoms with Crippen molar-refractivity contribution in [3.05, 3.63) is 29.3 Å². The van der Waals surface area contributed by atoms with Gasteiger partial charge in [-0.05, 0) is 36.6 Å². The van der Waals surface area contributed by atoms with Gasteiger partial charge in [-0.3, -0.25) is 0 Å². The molecule has 1 heterocycles. The topological polar surface area (TPSA) is 72.5 Å². The van der Waals surface area contributed by atoms with E-state index in [1.807, 2.05) is 0 Å². The van der Waals surface area contributed by atoms with E-state index in [1.165, 1.54) is 0 Å². The highest BCUT2D eigenvalue weighted by Crippen LogP contribution is 2.18. The van der Waals surface area contributed by atoms with Gasteiger partial charge in [0, 0.05) is 11.6 Å². The van der Waals surface area contributed by atoms with Crippen LogP contribution in [0.5, 0.6) is 5.75 Å². The molecule has 5 nitrogen and oxygen atoms in total. The van der Waals surface area contributed by atoms with Crippen molar-refractivity contribution in [2.24, 2.45) is 5.92 Å². The number of carbonyl (C=O) groups is 1. The van der Waals surface area contributed by atoms with Crippen molar-refractivity contribution in [2.75, 3.05) is 18.1 Å². The molecule has 1 amide bonds. The van der Waals surface area contributed by atoms with Crippen molar-refractivity contribution in [1.29, 1.82) is 0 Å². The highest BCUT2D eigenvalue weighted by atomic mass is 35.5. The van der Waals surface area contributed by atoms with Crippen LogP contribution in [0, 0.1) is 5.92 Å². The lowest BCUT2D eigenvalue weighted by Crippen LogP contribution is -2.32. The Morgan fingerprint density at radius 2 is 2.05 bits per heavy atom. The first kappa shape index (κ1) is 14.1. The molecule has 1 aromatic carbocycles. The Labute approximate surface area is 116 Å². The molecule has 7 heteroatoms. The SMILES string of the molecule is O=C(NCC1CCS(=O)(=O)C1)Oc1ccc(Cl)cc1. The molecule has 1 N–H and O–H groups in total. The van der Waals surface area contributed by atoms with E-state index in [2.05, 4.69) is 5.32 Å². The molecule has 0 aliphatic carbocycles. The molecule has 1 atom stereocenters. The van der Waals surface area contributed by atoms with Crippen LogP contribution in [0.1, 0.15) is 6.42 Å². The third-order valence-corrected chi connectivity index (χ3v) is 4.97. The maximum atomic E-state index is 11.5. The first-order valence-electron chi connectivity index (χ1n) is 5.86. The fraction of sp³-hybridized carbons (Fsp3) is 0.417. The number of benzene rings is 1. The quantitative estimate of drug-likeness (QED) is 0.925. The molecule has 1 aliphatic heterocycles. The second-order valence-corrected chi connectivity index (χ2v) is 7.16. The molecular formula is C12H14ClNO4S. The van der Waals surface area contributed by atoms with Gasteiger partial charge in [-0.25, -0.2) is 13.2 Å². The molecule has 19 heavy (non-hydrogen) atoms. The zero-order valence-electron chi connectivity index (χ0n) is 10.1. The molecule has 1 unspecified atom stereocenters. The summed E-state index contributed by atoms with van der Waals surface area (Å²) in [6.45, 7) is 0.311. The Morgan fingerprint density at radius 1 is 1.37 bits per heavy atom. The van der Waals surface area contributed by atoms with Gasteiger partial charge in [-0.2, -0.15) is 0 Å². The monoisotopic (exact) mass is 303 g/mol. The lowest BCUT2D eigenvalue weighted by molar-refractivity contribution is 0.199. The van der Waals surface area contributed by atoms with E-state index in [9.17, 15) is 13.2 Å². The van der Waals surface area contributed by atoms with Gasteiger partial charge in [-0.1, -0.05) is 11.6 Å². The Morgan fingerprint density at radius 3 is 2.63 bits per heavy atom. The predicted molar refractivity (Wildman–Crippen MR) is 72.2 cm³/mol. The van der Waals surface area contributed by atoms with Crippen LogP contribution in [-0.4, -0.2) is 32.6 Å². The van der Waals surface area contributed by atoms with Crippen LogP contribution in [-0.2, 0) is 9.84 Å². The van der Waals surface area contributed by atoms with E-state index in [0.29, 0.717) is 23.7 Å². The van der Waals surface area contributed by atoms with E-state index in [4.69, 9.17) is 16.3 Å². The van der Waals surface area contributed by atoms with E-state index < -0.39 is 15.9 Å². The highest BCUT2D eigenvalue weighted by Gasteiger charge is 2.28. The lowest BCUT2D eigenvalue weighted by Gasteiger charge is -2.10. The summed E-state index contributed by atoms with van der Waals surface area (Å²) in [6.07, 6.45) is -0.00423. The average Bonchev–Trinajstić information content (AvgIpc) is 2.69. The van der Waals surface area contributed by atoms with Crippen molar-refractivity contribution >= 4 is 27.5 Å². The third-order valence-electron chi connectivity index (χ3n) is 2.89. The summed E-state index contributed by atoms with van der Waals surface area (Å²) in [5, 5.41) is 3.13. The minimum absolute atomic E-state index is 0.0252. The third kappa shape index (κ3) is 4.40. The molecule has 0 bridgehead atoms. The Balaban J connectivity index is 1.78. The molecule has 0 aromatic heterocycles. The van der Waals surface area contributed by atoms with Gasteiger partial charge in [0.25, 0.3) is 0 Å². The van der Waals surface area contributed by atoms with Crippen molar-refractivity contribution in [2.45, 2.75) is 6.42 Å². The summed E-state index contributed by atoms with van der Waals surface area (Å²) in [5.41, 5.74) is 0. The van der Waals surface area contributed by atoms with Crippen LogP contribution in [0.25, 0.3) is 0 Å². The van der Waals surface area contributed by atoms with Gasteiger partial charge < -0.3 is 10.1 Å². The van der Waals surface area contributed by atoms with Crippen LogP contribution in [0.4, 0.5) is 4.79 Å². The molecule has 104 valence electrons. The number of nitrogens with one attached hydrogen (secondary N) is 1. The number of hydrogen-bond donors (Lipinski definition) is 1. The molecule has 1 fully saturated rings. The number of ether oxygens (including phenoxy) is 1. The van der Waals surface area contributed by atoms with Crippen LogP contribution < -0.4 is 10.1 Å². The molecule has 1 saturated heterocycles. The maximum Gasteiger partial charge on any atom is 0.412 e. The van der Waals surface area contributed by atoms with Gasteiger partial charge in [-0.15, -0.1) is 0 Å². The molecule has 0 saturated carbocycles. The lowest BCUT2D eigenvalue weighted by atomic mass is 10.1. The van der Waals surface area contributed by atoms with Crippen molar-refractivity contribution in [3.63, 3.8) is 0 Å². The Bertz CT molecular complexity index is 556. The van der Waals surface area contributed by atoms with Gasteiger partial charge >= 0.3 is 6.09 Å². The minimum atomic E-state index is -2.91. The summed E-state index contributed by atoms with van der Waals surface area (Å²) >= 11 is 5.71. The second-order valence-electron chi connectivity index (χ2n) is 4.49. The summed E-state index contributed by atoms with van der Waals surface area (Å²) in [7, 11) is -2.91. The van der Waals surface area contributed by atoms with Crippen LogP contribution >= 0.6 is 11.6 Å². The van der Waals surface area contributed by atoms with E-state index in [1.54, 1.807) is 24.3 Å². The second kappa shape index (κ2) is 5.79. The molecule has 0 spiro atoms. The maximum absolute atomic E-state index is 11.5.